The number of barbiturate groups is 1. The number of halogens is 1. The first-order valence-corrected chi connectivity index (χ1v) is 9.81. The van der Waals surface area contributed by atoms with E-state index in [0.717, 1.165) is 10.5 Å². The minimum absolute atomic E-state index is 0.173. The van der Waals surface area contributed by atoms with Crippen molar-refractivity contribution in [3.05, 3.63) is 94.5 Å². The molecule has 0 aromatic heterocycles. The van der Waals surface area contributed by atoms with Crippen molar-refractivity contribution in [1.29, 1.82) is 0 Å². The van der Waals surface area contributed by atoms with Gasteiger partial charge in [0.1, 0.15) is 17.1 Å². The summed E-state index contributed by atoms with van der Waals surface area (Å²) in [5, 5.41) is 2.61. The lowest BCUT2D eigenvalue weighted by atomic mass is 10.1. The molecule has 4 rings (SSSR count). The molecule has 31 heavy (non-hydrogen) atoms. The summed E-state index contributed by atoms with van der Waals surface area (Å²) >= 11 is 6.14. The predicted octanol–water partition coefficient (Wildman–Crippen LogP) is 5.11. The number of anilines is 1. The Hall–Kier alpha value is -3.90. The Labute approximate surface area is 183 Å². The molecule has 0 radical (unpaired) electrons. The number of urea groups is 1. The van der Waals surface area contributed by atoms with E-state index in [1.165, 1.54) is 12.1 Å². The highest BCUT2D eigenvalue weighted by atomic mass is 35.5. The van der Waals surface area contributed by atoms with Crippen LogP contribution in [0.15, 0.2) is 78.4 Å². The number of imide groups is 2. The highest BCUT2D eigenvalue weighted by Gasteiger charge is 2.36. The van der Waals surface area contributed by atoms with Gasteiger partial charge in [-0.3, -0.25) is 14.9 Å². The maximum atomic E-state index is 13.0. The number of ether oxygens (including phenoxy) is 1. The third kappa shape index (κ3) is 4.34. The van der Waals surface area contributed by atoms with Crippen molar-refractivity contribution in [2.75, 3.05) is 4.90 Å². The summed E-state index contributed by atoms with van der Waals surface area (Å²) in [5.74, 6) is -0.295. The zero-order valence-electron chi connectivity index (χ0n) is 16.5. The first-order chi connectivity index (χ1) is 14.9. The molecule has 1 heterocycles. The highest BCUT2D eigenvalue weighted by Crippen LogP contribution is 2.27. The molecule has 1 saturated heterocycles. The van der Waals surface area contributed by atoms with Gasteiger partial charge < -0.3 is 4.74 Å². The monoisotopic (exact) mass is 432 g/mol. The summed E-state index contributed by atoms with van der Waals surface area (Å²) in [7, 11) is 0. The van der Waals surface area contributed by atoms with Crippen LogP contribution in [0.2, 0.25) is 5.02 Å². The normalized spacial score (nSPS) is 15.2. The molecule has 154 valence electrons. The van der Waals surface area contributed by atoms with Crippen LogP contribution in [0.1, 0.15) is 11.1 Å². The molecule has 4 amide bonds. The third-order valence-corrected chi connectivity index (χ3v) is 5.07. The van der Waals surface area contributed by atoms with Crippen molar-refractivity contribution in [3.8, 4) is 11.5 Å². The standard InChI is InChI=1S/C24H17ClN2O4/c1-15-10-11-17(14-21(15)25)27-23(29)20(22(28)26-24(27)30)13-16-6-5-9-19(12-16)31-18-7-3-2-4-8-18/h2-14H,1H3,(H,26,28,30)/b20-13-. The molecule has 0 atom stereocenters. The number of benzene rings is 3. The molecule has 0 saturated carbocycles. The number of aryl methyl sites for hydroxylation is 1. The van der Waals surface area contributed by atoms with Crippen molar-refractivity contribution >= 4 is 41.2 Å². The first-order valence-electron chi connectivity index (χ1n) is 9.43. The number of rotatable bonds is 4. The van der Waals surface area contributed by atoms with E-state index in [-0.39, 0.29) is 11.3 Å². The largest absolute Gasteiger partial charge is 0.457 e. The molecule has 1 fully saturated rings. The van der Waals surface area contributed by atoms with Crippen molar-refractivity contribution in [1.82, 2.24) is 5.32 Å². The van der Waals surface area contributed by atoms with Crippen LogP contribution >= 0.6 is 11.6 Å². The molecule has 0 spiro atoms. The summed E-state index contributed by atoms with van der Waals surface area (Å²) in [6, 6.07) is 20.2. The Balaban J connectivity index is 1.65. The number of para-hydroxylation sites is 1. The van der Waals surface area contributed by atoms with Crippen LogP contribution in [0.5, 0.6) is 11.5 Å². The lowest BCUT2D eigenvalue weighted by Crippen LogP contribution is -2.54. The molecule has 0 aliphatic carbocycles. The zero-order chi connectivity index (χ0) is 22.0. The van der Waals surface area contributed by atoms with Gasteiger partial charge in [-0.25, -0.2) is 9.69 Å². The van der Waals surface area contributed by atoms with Gasteiger partial charge in [0.05, 0.1) is 5.69 Å². The van der Waals surface area contributed by atoms with E-state index in [1.54, 1.807) is 36.4 Å². The van der Waals surface area contributed by atoms with E-state index in [0.29, 0.717) is 22.1 Å². The highest BCUT2D eigenvalue weighted by molar-refractivity contribution is 6.39. The quantitative estimate of drug-likeness (QED) is 0.459. The summed E-state index contributed by atoms with van der Waals surface area (Å²) in [6.45, 7) is 1.81. The minimum Gasteiger partial charge on any atom is -0.457 e. The Morgan fingerprint density at radius 2 is 1.65 bits per heavy atom. The third-order valence-electron chi connectivity index (χ3n) is 4.66. The van der Waals surface area contributed by atoms with E-state index in [9.17, 15) is 14.4 Å². The minimum atomic E-state index is -0.826. The number of carbonyl (C=O) groups excluding carboxylic acids is 3. The van der Waals surface area contributed by atoms with E-state index >= 15 is 0 Å². The van der Waals surface area contributed by atoms with Crippen molar-refractivity contribution in [2.24, 2.45) is 0 Å². The molecule has 6 nitrogen and oxygen atoms in total. The van der Waals surface area contributed by atoms with Gasteiger partial charge in [-0.15, -0.1) is 0 Å². The number of carbonyl (C=O) groups is 3. The Morgan fingerprint density at radius 1 is 0.903 bits per heavy atom. The molecule has 0 unspecified atom stereocenters. The number of hydrogen-bond acceptors (Lipinski definition) is 4. The summed E-state index contributed by atoms with van der Waals surface area (Å²) < 4.78 is 5.80. The number of amides is 4. The van der Waals surface area contributed by atoms with Crippen molar-refractivity contribution in [2.45, 2.75) is 6.92 Å². The van der Waals surface area contributed by atoms with Crippen LogP contribution in [0, 0.1) is 6.92 Å². The molecule has 1 aliphatic rings. The maximum Gasteiger partial charge on any atom is 0.335 e. The molecule has 7 heteroatoms. The Kier molecular flexibility index (Phi) is 5.56. The molecular weight excluding hydrogens is 416 g/mol. The van der Waals surface area contributed by atoms with Crippen LogP contribution < -0.4 is 15.0 Å². The van der Waals surface area contributed by atoms with Crippen LogP contribution in [0.4, 0.5) is 10.5 Å². The second-order valence-electron chi connectivity index (χ2n) is 6.88. The Morgan fingerprint density at radius 3 is 2.39 bits per heavy atom. The lowest BCUT2D eigenvalue weighted by Gasteiger charge is -2.26. The van der Waals surface area contributed by atoms with E-state index in [1.807, 2.05) is 37.3 Å². The average molecular weight is 433 g/mol. The van der Waals surface area contributed by atoms with Gasteiger partial charge in [-0.1, -0.05) is 48.0 Å². The van der Waals surface area contributed by atoms with Crippen molar-refractivity contribution in [3.63, 3.8) is 0 Å². The SMILES string of the molecule is Cc1ccc(N2C(=O)NC(=O)/C(=C/c3cccc(Oc4ccccc4)c3)C2=O)cc1Cl. The van der Waals surface area contributed by atoms with Crippen LogP contribution in [0.25, 0.3) is 6.08 Å². The van der Waals surface area contributed by atoms with Gasteiger partial charge in [0.15, 0.2) is 0 Å². The fourth-order valence-corrected chi connectivity index (χ4v) is 3.25. The summed E-state index contributed by atoms with van der Waals surface area (Å²) in [5.41, 5.74) is 1.48. The average Bonchev–Trinajstić information content (AvgIpc) is 2.74. The van der Waals surface area contributed by atoms with E-state index in [2.05, 4.69) is 5.32 Å². The lowest BCUT2D eigenvalue weighted by molar-refractivity contribution is -0.122. The van der Waals surface area contributed by atoms with Crippen LogP contribution in [0.3, 0.4) is 0 Å². The second-order valence-corrected chi connectivity index (χ2v) is 7.29. The van der Waals surface area contributed by atoms with Gasteiger partial charge >= 0.3 is 6.03 Å². The molecule has 3 aromatic carbocycles. The number of nitrogens with zero attached hydrogens (tertiary/aromatic N) is 1. The van der Waals surface area contributed by atoms with Crippen molar-refractivity contribution < 1.29 is 19.1 Å². The van der Waals surface area contributed by atoms with Gasteiger partial charge in [0, 0.05) is 5.02 Å². The predicted molar refractivity (Wildman–Crippen MR) is 118 cm³/mol. The van der Waals surface area contributed by atoms with E-state index < -0.39 is 17.8 Å². The summed E-state index contributed by atoms with van der Waals surface area (Å²) in [6.07, 6.45) is 1.42. The van der Waals surface area contributed by atoms with Gasteiger partial charge in [0.2, 0.25) is 0 Å². The maximum absolute atomic E-state index is 13.0. The number of hydrogen-bond donors (Lipinski definition) is 1. The molecule has 3 aromatic rings. The zero-order valence-corrected chi connectivity index (χ0v) is 17.2. The topological polar surface area (TPSA) is 75.7 Å². The molecule has 1 aliphatic heterocycles. The van der Waals surface area contributed by atoms with Crippen LogP contribution in [-0.4, -0.2) is 17.8 Å². The van der Waals surface area contributed by atoms with Crippen LogP contribution in [-0.2, 0) is 9.59 Å². The summed E-state index contributed by atoms with van der Waals surface area (Å²) in [4.78, 5) is 38.7. The smallest absolute Gasteiger partial charge is 0.335 e. The number of nitrogens with one attached hydrogen (secondary N) is 1. The van der Waals surface area contributed by atoms with Gasteiger partial charge in [-0.05, 0) is 60.5 Å². The Bertz CT molecular complexity index is 1220. The fraction of sp³-hybridized carbons (Fsp3) is 0.0417. The second kappa shape index (κ2) is 8.45. The van der Waals surface area contributed by atoms with Gasteiger partial charge in [0.25, 0.3) is 11.8 Å². The van der Waals surface area contributed by atoms with E-state index in [4.69, 9.17) is 16.3 Å². The molecule has 0 bridgehead atoms. The molecule has 1 N–H and O–H groups in total. The fourth-order valence-electron chi connectivity index (χ4n) is 3.07. The molecular formula is C24H17ClN2O4. The first kappa shape index (κ1) is 20.4. The van der Waals surface area contributed by atoms with Gasteiger partial charge in [-0.2, -0.15) is 0 Å².